The van der Waals surface area contributed by atoms with Crippen LogP contribution in [0.25, 0.3) is 11.1 Å². The van der Waals surface area contributed by atoms with Crippen molar-refractivity contribution in [1.29, 1.82) is 0 Å². The van der Waals surface area contributed by atoms with Crippen LogP contribution in [0.5, 0.6) is 0 Å². The molecular formula is C34H33F3N4O3. The van der Waals surface area contributed by atoms with Crippen molar-refractivity contribution in [2.24, 2.45) is 0 Å². The summed E-state index contributed by atoms with van der Waals surface area (Å²) in [5.41, 5.74) is 2.72. The third-order valence-corrected chi connectivity index (χ3v) is 8.73. The Morgan fingerprint density at radius 1 is 1.02 bits per heavy atom. The molecule has 0 bridgehead atoms. The number of amides is 1. The summed E-state index contributed by atoms with van der Waals surface area (Å²) in [4.78, 5) is 39.8. The normalized spacial score (nSPS) is 16.8. The number of carbonyl (C=O) groups is 1. The molecule has 0 spiro atoms. The fourth-order valence-corrected chi connectivity index (χ4v) is 5.99. The van der Waals surface area contributed by atoms with Crippen molar-refractivity contribution in [3.05, 3.63) is 117 Å². The molecule has 0 unspecified atom stereocenters. The van der Waals surface area contributed by atoms with Crippen LogP contribution >= 0.6 is 0 Å². The number of rotatable bonds is 6. The first-order valence-electron chi connectivity index (χ1n) is 14.8. The number of hydrogen-bond donors (Lipinski definition) is 2. The van der Waals surface area contributed by atoms with Crippen molar-refractivity contribution in [3.63, 3.8) is 0 Å². The molecule has 1 aliphatic carbocycles. The molecule has 2 aromatic carbocycles. The van der Waals surface area contributed by atoms with Crippen molar-refractivity contribution in [2.45, 2.75) is 69.7 Å². The molecule has 44 heavy (non-hydrogen) atoms. The number of benzene rings is 2. The van der Waals surface area contributed by atoms with Gasteiger partial charge in [-0.25, -0.2) is 4.98 Å². The highest BCUT2D eigenvalue weighted by Crippen LogP contribution is 2.52. The van der Waals surface area contributed by atoms with Crippen LogP contribution in [-0.2, 0) is 29.4 Å². The van der Waals surface area contributed by atoms with Gasteiger partial charge in [-0.3, -0.25) is 14.6 Å². The van der Waals surface area contributed by atoms with Crippen LogP contribution < -0.4 is 5.56 Å². The molecule has 1 atom stereocenters. The van der Waals surface area contributed by atoms with Gasteiger partial charge >= 0.3 is 6.18 Å². The fourth-order valence-electron chi connectivity index (χ4n) is 5.99. The van der Waals surface area contributed by atoms with Crippen LogP contribution in [0.3, 0.4) is 0 Å². The summed E-state index contributed by atoms with van der Waals surface area (Å²) in [6.07, 6.45) is -2.22. The number of aromatic amines is 1. The molecule has 10 heteroatoms. The number of aliphatic hydroxyl groups excluding tert-OH is 1. The number of nitrogens with zero attached hydrogens (tertiary/aromatic N) is 3. The lowest BCUT2D eigenvalue weighted by atomic mass is 9.90. The highest BCUT2D eigenvalue weighted by molar-refractivity contribution is 5.83. The van der Waals surface area contributed by atoms with E-state index in [9.17, 15) is 27.9 Å². The van der Waals surface area contributed by atoms with Gasteiger partial charge in [-0.2, -0.15) is 13.2 Å². The summed E-state index contributed by atoms with van der Waals surface area (Å²) in [6, 6.07) is 17.0. The zero-order valence-electron chi connectivity index (χ0n) is 24.5. The molecule has 1 fully saturated rings. The van der Waals surface area contributed by atoms with Crippen molar-refractivity contribution < 1.29 is 23.1 Å². The van der Waals surface area contributed by atoms with E-state index in [0.29, 0.717) is 47.9 Å². The predicted molar refractivity (Wildman–Crippen MR) is 159 cm³/mol. The number of aliphatic hydroxyl groups is 1. The maximum Gasteiger partial charge on any atom is 0.433 e. The summed E-state index contributed by atoms with van der Waals surface area (Å²) in [7, 11) is 0. The van der Waals surface area contributed by atoms with Crippen molar-refractivity contribution in [1.82, 2.24) is 19.9 Å². The van der Waals surface area contributed by atoms with Gasteiger partial charge in [-0.15, -0.1) is 0 Å². The predicted octanol–water partition coefficient (Wildman–Crippen LogP) is 6.06. The molecule has 0 radical (unpaired) electrons. The SMILES string of the molecule is CC(C)c1cccc(C2(c3nc4c(c(=O)[nH]3)CN(C(=O)[C@H](O)c3cccc(-c5ccnc(C(F)(F)F)c5)c3)CCC4)CC2)c1. The van der Waals surface area contributed by atoms with Gasteiger partial charge in [0.2, 0.25) is 0 Å². The molecule has 4 aromatic rings. The van der Waals surface area contributed by atoms with Crippen LogP contribution in [0.1, 0.15) is 84.6 Å². The van der Waals surface area contributed by atoms with Gasteiger partial charge in [0.25, 0.3) is 11.5 Å². The van der Waals surface area contributed by atoms with Crippen LogP contribution in [-0.4, -0.2) is 37.4 Å². The summed E-state index contributed by atoms with van der Waals surface area (Å²) in [5, 5.41) is 11.1. The van der Waals surface area contributed by atoms with E-state index in [4.69, 9.17) is 4.98 Å². The number of fused-ring (bicyclic) bond motifs is 1. The van der Waals surface area contributed by atoms with Gasteiger partial charge in [-0.05, 0) is 77.6 Å². The van der Waals surface area contributed by atoms with Gasteiger partial charge in [0.1, 0.15) is 11.5 Å². The third-order valence-electron chi connectivity index (χ3n) is 8.73. The lowest BCUT2D eigenvalue weighted by Crippen LogP contribution is -2.36. The van der Waals surface area contributed by atoms with Crippen LogP contribution in [0.2, 0.25) is 0 Å². The van der Waals surface area contributed by atoms with Crippen molar-refractivity contribution in [3.8, 4) is 11.1 Å². The first kappa shape index (κ1) is 29.7. The van der Waals surface area contributed by atoms with Gasteiger partial charge in [0, 0.05) is 12.7 Å². The maximum atomic E-state index is 13.5. The number of alkyl halides is 3. The Morgan fingerprint density at radius 2 is 1.75 bits per heavy atom. The highest BCUT2D eigenvalue weighted by atomic mass is 19.4. The molecule has 2 aromatic heterocycles. The molecule has 2 N–H and O–H groups in total. The van der Waals surface area contributed by atoms with Crippen LogP contribution in [0.15, 0.2) is 71.7 Å². The topological polar surface area (TPSA) is 99.2 Å². The standard InChI is InChI=1S/C34H33F3N4O3/c1-20(2)21-6-4-9-25(17-21)33(12-13-33)32-39-27-10-5-15-41(19-26(27)30(43)40-32)31(44)29(42)24-8-3-7-22(16-24)23-11-14-38-28(18-23)34(35,36)37/h3-4,6-9,11,14,16-18,20,29,42H,5,10,12-13,15,19H2,1-2H3,(H,39,40,43)/t29-/m1/s1. The first-order valence-corrected chi connectivity index (χ1v) is 14.8. The van der Waals surface area contributed by atoms with Crippen molar-refractivity contribution >= 4 is 5.91 Å². The van der Waals surface area contributed by atoms with E-state index in [1.54, 1.807) is 18.2 Å². The monoisotopic (exact) mass is 602 g/mol. The van der Waals surface area contributed by atoms with E-state index in [2.05, 4.69) is 42.0 Å². The van der Waals surface area contributed by atoms with Gasteiger partial charge in [0.05, 0.1) is 23.2 Å². The number of nitrogens with one attached hydrogen (secondary N) is 1. The number of carbonyl (C=O) groups excluding carboxylic acids is 1. The number of hydrogen-bond acceptors (Lipinski definition) is 5. The average Bonchev–Trinajstić information content (AvgIpc) is 3.85. The summed E-state index contributed by atoms with van der Waals surface area (Å²) in [5.74, 6) is 0.445. The Morgan fingerprint density at radius 3 is 2.48 bits per heavy atom. The summed E-state index contributed by atoms with van der Waals surface area (Å²) >= 11 is 0. The molecule has 1 amide bonds. The lowest BCUT2D eigenvalue weighted by Gasteiger charge is -2.24. The zero-order valence-corrected chi connectivity index (χ0v) is 24.5. The Balaban J connectivity index is 1.24. The minimum Gasteiger partial charge on any atom is -0.378 e. The Hall–Kier alpha value is -4.31. The van der Waals surface area contributed by atoms with Crippen LogP contribution in [0.4, 0.5) is 13.2 Å². The Kier molecular flexibility index (Phi) is 7.65. The molecular weight excluding hydrogens is 569 g/mol. The number of aromatic nitrogens is 3. The second-order valence-electron chi connectivity index (χ2n) is 12.0. The van der Waals surface area contributed by atoms with E-state index in [0.717, 1.165) is 30.7 Å². The molecule has 228 valence electrons. The smallest absolute Gasteiger partial charge is 0.378 e. The van der Waals surface area contributed by atoms with E-state index in [-0.39, 0.29) is 28.6 Å². The Labute approximate surface area is 252 Å². The molecule has 6 rings (SSSR count). The van der Waals surface area contributed by atoms with E-state index in [1.807, 2.05) is 6.07 Å². The summed E-state index contributed by atoms with van der Waals surface area (Å²) < 4.78 is 39.6. The quantitative estimate of drug-likeness (QED) is 0.280. The molecule has 0 saturated heterocycles. The largest absolute Gasteiger partial charge is 0.433 e. The second kappa shape index (κ2) is 11.3. The lowest BCUT2D eigenvalue weighted by molar-refractivity contribution is -0.141. The summed E-state index contributed by atoms with van der Waals surface area (Å²) in [6.45, 7) is 4.62. The number of halogens is 3. The van der Waals surface area contributed by atoms with E-state index < -0.39 is 23.9 Å². The minimum atomic E-state index is -4.60. The van der Waals surface area contributed by atoms with E-state index in [1.165, 1.54) is 22.6 Å². The van der Waals surface area contributed by atoms with Crippen LogP contribution in [0, 0.1) is 0 Å². The Bertz CT molecular complexity index is 1780. The number of aryl methyl sites for hydroxylation is 1. The first-order chi connectivity index (χ1) is 21.0. The van der Waals surface area contributed by atoms with Crippen molar-refractivity contribution in [2.75, 3.05) is 6.54 Å². The van der Waals surface area contributed by atoms with E-state index >= 15 is 0 Å². The molecule has 1 aliphatic heterocycles. The number of H-pyrrole nitrogens is 1. The second-order valence-corrected chi connectivity index (χ2v) is 12.0. The molecule has 3 heterocycles. The zero-order chi connectivity index (χ0) is 31.2. The molecule has 2 aliphatic rings. The maximum absolute atomic E-state index is 13.5. The molecule has 1 saturated carbocycles. The van der Waals surface area contributed by atoms with Gasteiger partial charge < -0.3 is 15.0 Å². The third kappa shape index (κ3) is 5.66. The highest BCUT2D eigenvalue weighted by Gasteiger charge is 2.49. The minimum absolute atomic E-state index is 0.00264. The number of pyridine rings is 1. The van der Waals surface area contributed by atoms with Gasteiger partial charge in [-0.1, -0.05) is 56.3 Å². The molecule has 7 nitrogen and oxygen atoms in total. The average molecular weight is 603 g/mol. The van der Waals surface area contributed by atoms with Gasteiger partial charge in [0.15, 0.2) is 6.10 Å². The fraction of sp³-hybridized carbons (Fsp3) is 0.353.